The molecule has 19 heavy (non-hydrogen) atoms. The van der Waals surface area contributed by atoms with Gasteiger partial charge in [-0.25, -0.2) is 0 Å². The highest BCUT2D eigenvalue weighted by molar-refractivity contribution is 7.11. The summed E-state index contributed by atoms with van der Waals surface area (Å²) in [5.41, 5.74) is 0.833. The summed E-state index contributed by atoms with van der Waals surface area (Å²) in [4.78, 5) is 15.2. The average molecular weight is 279 g/mol. The van der Waals surface area contributed by atoms with E-state index in [1.807, 2.05) is 22.4 Å². The second-order valence-corrected chi connectivity index (χ2v) is 6.62. The third-order valence-electron chi connectivity index (χ3n) is 4.20. The van der Waals surface area contributed by atoms with Gasteiger partial charge in [0.25, 0.3) is 0 Å². The first-order valence-corrected chi connectivity index (χ1v) is 7.51. The van der Waals surface area contributed by atoms with E-state index < -0.39 is 0 Å². The van der Waals surface area contributed by atoms with Crippen molar-refractivity contribution in [3.05, 3.63) is 28.0 Å². The summed E-state index contributed by atoms with van der Waals surface area (Å²) in [6.07, 6.45) is 4.55. The van der Waals surface area contributed by atoms with Gasteiger partial charge in [0.1, 0.15) is 0 Å². The smallest absolute Gasteiger partial charge is 0.247 e. The Kier molecular flexibility index (Phi) is 4.11. The SMILES string of the molecule is CC1CCN(C(=O)C=Cc2cc(CO)cs2)C1(C)C. The number of nitrogens with zero attached hydrogens (tertiary/aromatic N) is 1. The molecule has 1 aliphatic heterocycles. The number of carbonyl (C=O) groups excluding carboxylic acids is 1. The third-order valence-corrected chi connectivity index (χ3v) is 5.15. The highest BCUT2D eigenvalue weighted by Crippen LogP contribution is 2.34. The normalized spacial score (nSPS) is 22.3. The topological polar surface area (TPSA) is 40.5 Å². The van der Waals surface area contributed by atoms with E-state index in [9.17, 15) is 4.79 Å². The largest absolute Gasteiger partial charge is 0.392 e. The summed E-state index contributed by atoms with van der Waals surface area (Å²) in [5, 5.41) is 10.9. The van der Waals surface area contributed by atoms with Crippen LogP contribution in [0.1, 0.15) is 37.6 Å². The Morgan fingerprint density at radius 1 is 1.63 bits per heavy atom. The lowest BCUT2D eigenvalue weighted by Crippen LogP contribution is -2.44. The van der Waals surface area contributed by atoms with Gasteiger partial charge in [0.05, 0.1) is 6.61 Å². The van der Waals surface area contributed by atoms with Gasteiger partial charge in [-0.15, -0.1) is 11.3 Å². The van der Waals surface area contributed by atoms with Gasteiger partial charge in [-0.05, 0) is 49.3 Å². The molecule has 0 saturated carbocycles. The standard InChI is InChI=1S/C15H21NO2S/c1-11-6-7-16(15(11,2)3)14(18)5-4-13-8-12(9-17)10-19-13/h4-5,8,10-11,17H,6-7,9H2,1-3H3. The molecule has 0 aromatic carbocycles. The van der Waals surface area contributed by atoms with Crippen LogP contribution in [0.2, 0.25) is 0 Å². The predicted octanol–water partition coefficient (Wildman–Crippen LogP) is 2.90. The van der Waals surface area contributed by atoms with Crippen molar-refractivity contribution in [1.82, 2.24) is 4.90 Å². The van der Waals surface area contributed by atoms with E-state index in [1.165, 1.54) is 0 Å². The zero-order valence-electron chi connectivity index (χ0n) is 11.7. The maximum Gasteiger partial charge on any atom is 0.247 e. The number of aliphatic hydroxyl groups is 1. The Bertz CT molecular complexity index is 490. The van der Waals surface area contributed by atoms with Crippen molar-refractivity contribution < 1.29 is 9.90 Å². The minimum absolute atomic E-state index is 0.0506. The quantitative estimate of drug-likeness (QED) is 0.864. The highest BCUT2D eigenvalue weighted by Gasteiger charge is 2.40. The van der Waals surface area contributed by atoms with Gasteiger partial charge in [-0.2, -0.15) is 0 Å². The summed E-state index contributed by atoms with van der Waals surface area (Å²) in [5.74, 6) is 0.612. The molecule has 1 aliphatic rings. The number of aliphatic hydroxyl groups excluding tert-OH is 1. The maximum absolute atomic E-state index is 12.3. The van der Waals surface area contributed by atoms with E-state index in [-0.39, 0.29) is 18.1 Å². The number of hydrogen-bond donors (Lipinski definition) is 1. The number of amides is 1. The fourth-order valence-corrected chi connectivity index (χ4v) is 3.23. The van der Waals surface area contributed by atoms with Crippen LogP contribution in [0.3, 0.4) is 0 Å². The van der Waals surface area contributed by atoms with Gasteiger partial charge in [-0.3, -0.25) is 4.79 Å². The third kappa shape index (κ3) is 2.90. The van der Waals surface area contributed by atoms with Gasteiger partial charge in [0.2, 0.25) is 5.91 Å². The lowest BCUT2D eigenvalue weighted by atomic mass is 9.90. The van der Waals surface area contributed by atoms with Gasteiger partial charge in [0, 0.05) is 23.0 Å². The van der Waals surface area contributed by atoms with Crippen molar-refractivity contribution in [3.63, 3.8) is 0 Å². The van der Waals surface area contributed by atoms with Crippen LogP contribution < -0.4 is 0 Å². The Morgan fingerprint density at radius 2 is 2.37 bits per heavy atom. The molecule has 1 saturated heterocycles. The molecular formula is C15H21NO2S. The van der Waals surface area contributed by atoms with E-state index in [1.54, 1.807) is 17.4 Å². The van der Waals surface area contributed by atoms with E-state index >= 15 is 0 Å². The molecule has 0 spiro atoms. The monoisotopic (exact) mass is 279 g/mol. The molecule has 0 radical (unpaired) electrons. The number of hydrogen-bond acceptors (Lipinski definition) is 3. The lowest BCUT2D eigenvalue weighted by Gasteiger charge is -2.34. The zero-order chi connectivity index (χ0) is 14.0. The second-order valence-electron chi connectivity index (χ2n) is 5.68. The molecule has 1 amide bonds. The molecule has 1 aromatic rings. The van der Waals surface area contributed by atoms with Crippen LogP contribution in [0.15, 0.2) is 17.5 Å². The molecule has 2 rings (SSSR count). The first-order chi connectivity index (χ1) is 8.95. The van der Waals surface area contributed by atoms with Gasteiger partial charge >= 0.3 is 0 Å². The van der Waals surface area contributed by atoms with Crippen molar-refractivity contribution in [3.8, 4) is 0 Å². The van der Waals surface area contributed by atoms with E-state index in [4.69, 9.17) is 5.11 Å². The minimum Gasteiger partial charge on any atom is -0.392 e. The maximum atomic E-state index is 12.3. The molecule has 104 valence electrons. The first kappa shape index (κ1) is 14.3. The van der Waals surface area contributed by atoms with Crippen LogP contribution in [-0.2, 0) is 11.4 Å². The van der Waals surface area contributed by atoms with Crippen LogP contribution in [0.25, 0.3) is 6.08 Å². The summed E-state index contributed by atoms with van der Waals surface area (Å²) >= 11 is 1.54. The molecule has 0 bridgehead atoms. The summed E-state index contributed by atoms with van der Waals surface area (Å²) in [6.45, 7) is 7.35. The highest BCUT2D eigenvalue weighted by atomic mass is 32.1. The average Bonchev–Trinajstić information content (AvgIpc) is 2.93. The summed E-state index contributed by atoms with van der Waals surface area (Å²) in [6, 6.07) is 1.91. The van der Waals surface area contributed by atoms with Crippen molar-refractivity contribution in [2.24, 2.45) is 5.92 Å². The van der Waals surface area contributed by atoms with Crippen molar-refractivity contribution >= 4 is 23.3 Å². The minimum atomic E-state index is -0.0624. The van der Waals surface area contributed by atoms with Crippen LogP contribution in [0.4, 0.5) is 0 Å². The summed E-state index contributed by atoms with van der Waals surface area (Å²) < 4.78 is 0. The zero-order valence-corrected chi connectivity index (χ0v) is 12.5. The molecule has 1 N–H and O–H groups in total. The first-order valence-electron chi connectivity index (χ1n) is 6.63. The number of carbonyl (C=O) groups is 1. The van der Waals surface area contributed by atoms with Crippen LogP contribution >= 0.6 is 11.3 Å². The molecule has 1 aromatic heterocycles. The summed E-state index contributed by atoms with van der Waals surface area (Å²) in [7, 11) is 0. The van der Waals surface area contributed by atoms with Crippen LogP contribution in [0, 0.1) is 5.92 Å². The second kappa shape index (κ2) is 5.47. The van der Waals surface area contributed by atoms with Crippen LogP contribution in [-0.4, -0.2) is 28.0 Å². The van der Waals surface area contributed by atoms with Crippen molar-refractivity contribution in [2.45, 2.75) is 39.3 Å². The lowest BCUT2D eigenvalue weighted by molar-refractivity contribution is -0.129. The van der Waals surface area contributed by atoms with E-state index in [2.05, 4.69) is 20.8 Å². The van der Waals surface area contributed by atoms with Crippen LogP contribution in [0.5, 0.6) is 0 Å². The molecule has 3 nitrogen and oxygen atoms in total. The Morgan fingerprint density at radius 3 is 2.89 bits per heavy atom. The molecule has 2 heterocycles. The van der Waals surface area contributed by atoms with Gasteiger partial charge < -0.3 is 10.0 Å². The van der Waals surface area contributed by atoms with E-state index in [0.29, 0.717) is 5.92 Å². The Labute approximate surface area is 118 Å². The predicted molar refractivity (Wildman–Crippen MR) is 78.8 cm³/mol. The number of thiophene rings is 1. The molecule has 4 heteroatoms. The number of rotatable bonds is 3. The Hall–Kier alpha value is -1.13. The van der Waals surface area contributed by atoms with Crippen molar-refractivity contribution in [2.75, 3.05) is 6.54 Å². The number of likely N-dealkylation sites (tertiary alicyclic amines) is 1. The molecular weight excluding hydrogens is 258 g/mol. The van der Waals surface area contributed by atoms with Gasteiger partial charge in [-0.1, -0.05) is 6.92 Å². The van der Waals surface area contributed by atoms with Gasteiger partial charge in [0.15, 0.2) is 0 Å². The molecule has 0 aliphatic carbocycles. The molecule has 1 atom stereocenters. The molecule has 1 fully saturated rings. The van der Waals surface area contributed by atoms with E-state index in [0.717, 1.165) is 23.4 Å². The van der Waals surface area contributed by atoms with Crippen molar-refractivity contribution in [1.29, 1.82) is 0 Å². The Balaban J connectivity index is 2.05. The fourth-order valence-electron chi connectivity index (χ4n) is 2.43. The molecule has 1 unspecified atom stereocenters. The fraction of sp³-hybridized carbons (Fsp3) is 0.533.